The lowest BCUT2D eigenvalue weighted by Crippen LogP contribution is -2.60. The molecule has 0 unspecified atom stereocenters. The van der Waals surface area contributed by atoms with E-state index in [9.17, 15) is 4.79 Å². The van der Waals surface area contributed by atoms with Gasteiger partial charge < -0.3 is 14.4 Å². The smallest absolute Gasteiger partial charge is 0.217 e. The topological polar surface area (TPSA) is 63.5 Å². The van der Waals surface area contributed by atoms with Gasteiger partial charge >= 0.3 is 0 Å². The Kier molecular flexibility index (Phi) is 2.31. The largest absolute Gasteiger partial charge is 0.371 e. The zero-order chi connectivity index (χ0) is 12.0. The first kappa shape index (κ1) is 10.9. The van der Waals surface area contributed by atoms with Crippen LogP contribution >= 0.6 is 0 Å². The third-order valence-corrected chi connectivity index (χ3v) is 3.74. The second-order valence-corrected chi connectivity index (χ2v) is 4.56. The number of methoxy groups -OCH3 is 1. The minimum absolute atomic E-state index is 0.00345. The number of fused-ring (bicyclic) bond motifs is 3. The van der Waals surface area contributed by atoms with Gasteiger partial charge in [0.15, 0.2) is 5.78 Å². The number of likely N-dealkylation sites (N-methyl/N-ethyl adjacent to an activating group) is 1. The van der Waals surface area contributed by atoms with Gasteiger partial charge in [-0.3, -0.25) is 4.79 Å². The van der Waals surface area contributed by atoms with Crippen molar-refractivity contribution in [3.63, 3.8) is 0 Å². The van der Waals surface area contributed by atoms with Gasteiger partial charge in [0, 0.05) is 26.8 Å². The Labute approximate surface area is 99.3 Å². The zero-order valence-electron chi connectivity index (χ0n) is 9.92. The molecular weight excluding hydrogens is 222 g/mol. The Morgan fingerprint density at radius 1 is 1.65 bits per heavy atom. The number of nitrogens with zero attached hydrogens (tertiary/aromatic N) is 3. The third kappa shape index (κ3) is 1.31. The van der Waals surface area contributed by atoms with Crippen LogP contribution in [0.4, 0.5) is 0 Å². The summed E-state index contributed by atoms with van der Waals surface area (Å²) in [5.41, 5.74) is 0.796. The molecule has 1 saturated heterocycles. The van der Waals surface area contributed by atoms with Crippen LogP contribution < -0.4 is 0 Å². The van der Waals surface area contributed by atoms with E-state index in [1.165, 1.54) is 0 Å². The molecule has 0 aromatic carbocycles. The second kappa shape index (κ2) is 3.61. The number of hydrogen-bond donors (Lipinski definition) is 0. The molecule has 0 radical (unpaired) electrons. The fourth-order valence-corrected chi connectivity index (χ4v) is 2.82. The summed E-state index contributed by atoms with van der Waals surface area (Å²) in [6.45, 7) is 1.82. The highest BCUT2D eigenvalue weighted by atomic mass is 16.7. The number of rotatable bonds is 1. The molecule has 0 saturated carbocycles. The van der Waals surface area contributed by atoms with Crippen LogP contribution in [-0.2, 0) is 14.3 Å². The lowest BCUT2D eigenvalue weighted by molar-refractivity contribution is -0.255. The molecule has 0 aromatic heterocycles. The van der Waals surface area contributed by atoms with Crippen LogP contribution in [0, 0.1) is 5.92 Å². The highest BCUT2D eigenvalue weighted by Crippen LogP contribution is 2.43. The number of hydrogen-bond acceptors (Lipinski definition) is 6. The minimum atomic E-state index is -0.852. The Morgan fingerprint density at radius 3 is 3.24 bits per heavy atom. The van der Waals surface area contributed by atoms with Gasteiger partial charge in [0.05, 0.1) is 24.8 Å². The summed E-state index contributed by atoms with van der Waals surface area (Å²) in [4.78, 5) is 14.0. The maximum atomic E-state index is 12.0. The molecule has 92 valence electrons. The molecule has 17 heavy (non-hydrogen) atoms. The molecule has 3 rings (SSSR count). The lowest BCUT2D eigenvalue weighted by atomic mass is 9.80. The summed E-state index contributed by atoms with van der Waals surface area (Å²) in [5, 5.41) is 7.98. The van der Waals surface area contributed by atoms with Crippen molar-refractivity contribution >= 4 is 5.78 Å². The van der Waals surface area contributed by atoms with Crippen molar-refractivity contribution in [2.45, 2.75) is 11.8 Å². The summed E-state index contributed by atoms with van der Waals surface area (Å²) < 4.78 is 11.5. The van der Waals surface area contributed by atoms with Gasteiger partial charge in [-0.05, 0) is 0 Å². The fourth-order valence-electron chi connectivity index (χ4n) is 2.82. The number of azo groups is 1. The predicted molar refractivity (Wildman–Crippen MR) is 58.4 cm³/mol. The Bertz CT molecular complexity index is 420. The first-order valence-corrected chi connectivity index (χ1v) is 5.72. The number of ketones is 1. The van der Waals surface area contributed by atoms with E-state index < -0.39 is 11.8 Å². The predicted octanol–water partition coefficient (Wildman–Crippen LogP) is 0.208. The van der Waals surface area contributed by atoms with E-state index in [2.05, 4.69) is 10.2 Å². The summed E-state index contributed by atoms with van der Waals surface area (Å²) in [7, 11) is 3.55. The molecule has 1 aliphatic carbocycles. The summed E-state index contributed by atoms with van der Waals surface area (Å²) >= 11 is 0. The normalized spacial score (nSPS) is 40.0. The van der Waals surface area contributed by atoms with E-state index >= 15 is 0 Å². The molecule has 2 aliphatic heterocycles. The third-order valence-electron chi connectivity index (χ3n) is 3.74. The van der Waals surface area contributed by atoms with Crippen LogP contribution in [0.5, 0.6) is 0 Å². The molecule has 0 amide bonds. The molecule has 0 N–H and O–H groups in total. The lowest BCUT2D eigenvalue weighted by Gasteiger charge is -2.48. The van der Waals surface area contributed by atoms with Gasteiger partial charge in [-0.25, -0.2) is 0 Å². The van der Waals surface area contributed by atoms with Crippen molar-refractivity contribution in [2.24, 2.45) is 16.1 Å². The fraction of sp³-hybridized carbons (Fsp3) is 0.727. The quantitative estimate of drug-likeness (QED) is 0.654. The van der Waals surface area contributed by atoms with E-state index in [0.717, 1.165) is 12.2 Å². The first-order chi connectivity index (χ1) is 8.19. The average Bonchev–Trinajstić information content (AvgIpc) is 2.81. The van der Waals surface area contributed by atoms with Crippen LogP contribution in [0.15, 0.2) is 22.0 Å². The SMILES string of the molecule is CO[C@@]12OCCN(C)C1=CC(=O)[C@H]1N=NC[C@@H]12. The molecular formula is C11H15N3O3. The Balaban J connectivity index is 2.10. The van der Waals surface area contributed by atoms with Gasteiger partial charge in [0.25, 0.3) is 0 Å². The van der Waals surface area contributed by atoms with Gasteiger partial charge in [0.2, 0.25) is 5.79 Å². The second-order valence-electron chi connectivity index (χ2n) is 4.56. The van der Waals surface area contributed by atoms with Crippen LogP contribution in [-0.4, -0.2) is 56.4 Å². The van der Waals surface area contributed by atoms with Gasteiger partial charge in [-0.1, -0.05) is 0 Å². The first-order valence-electron chi connectivity index (χ1n) is 5.72. The number of morpholine rings is 1. The van der Waals surface area contributed by atoms with Crippen LogP contribution in [0.1, 0.15) is 0 Å². The zero-order valence-corrected chi connectivity index (χ0v) is 9.92. The maximum absolute atomic E-state index is 12.0. The van der Waals surface area contributed by atoms with Crippen LogP contribution in [0.25, 0.3) is 0 Å². The van der Waals surface area contributed by atoms with Crippen molar-refractivity contribution < 1.29 is 14.3 Å². The Morgan fingerprint density at radius 2 is 2.47 bits per heavy atom. The van der Waals surface area contributed by atoms with Crippen molar-refractivity contribution in [1.82, 2.24) is 4.90 Å². The minimum Gasteiger partial charge on any atom is -0.371 e. The van der Waals surface area contributed by atoms with Crippen molar-refractivity contribution in [3.8, 4) is 0 Å². The Hall–Kier alpha value is -1.27. The molecule has 0 bridgehead atoms. The van der Waals surface area contributed by atoms with Gasteiger partial charge in [0.1, 0.15) is 6.04 Å². The average molecular weight is 237 g/mol. The van der Waals surface area contributed by atoms with Crippen molar-refractivity contribution in [2.75, 3.05) is 33.9 Å². The van der Waals surface area contributed by atoms with E-state index in [4.69, 9.17) is 9.47 Å². The maximum Gasteiger partial charge on any atom is 0.217 e. The van der Waals surface area contributed by atoms with E-state index in [1.54, 1.807) is 13.2 Å². The number of ether oxygens (including phenoxy) is 2. The summed E-state index contributed by atoms with van der Waals surface area (Å²) in [6, 6.07) is -0.440. The van der Waals surface area contributed by atoms with Gasteiger partial charge in [-0.2, -0.15) is 10.2 Å². The standard InChI is InChI=1S/C11H15N3O3/c1-14-3-4-17-11(16-2)7-6-12-13-10(7)8(15)5-9(11)14/h5,7,10H,3-4,6H2,1-2H3/t7-,10-,11-/m0/s1. The molecule has 1 fully saturated rings. The van der Waals surface area contributed by atoms with E-state index in [0.29, 0.717) is 13.2 Å². The molecule has 0 aromatic rings. The number of carbonyl (C=O) groups is 1. The van der Waals surface area contributed by atoms with Crippen LogP contribution in [0.3, 0.4) is 0 Å². The number of carbonyl (C=O) groups excluding carboxylic acids is 1. The summed E-state index contributed by atoms with van der Waals surface area (Å²) in [6.07, 6.45) is 1.59. The van der Waals surface area contributed by atoms with E-state index in [1.807, 2.05) is 11.9 Å². The van der Waals surface area contributed by atoms with Crippen molar-refractivity contribution in [3.05, 3.63) is 11.8 Å². The molecule has 3 aliphatic rings. The van der Waals surface area contributed by atoms with Crippen molar-refractivity contribution in [1.29, 1.82) is 0 Å². The highest BCUT2D eigenvalue weighted by Gasteiger charge is 2.57. The van der Waals surface area contributed by atoms with E-state index in [-0.39, 0.29) is 11.7 Å². The van der Waals surface area contributed by atoms with Crippen LogP contribution in [0.2, 0.25) is 0 Å². The monoisotopic (exact) mass is 237 g/mol. The van der Waals surface area contributed by atoms with Gasteiger partial charge in [-0.15, -0.1) is 0 Å². The molecule has 0 spiro atoms. The molecule has 6 nitrogen and oxygen atoms in total. The molecule has 2 heterocycles. The molecule has 3 atom stereocenters. The highest BCUT2D eigenvalue weighted by molar-refractivity contribution is 5.97. The molecule has 6 heteroatoms. The summed E-state index contributed by atoms with van der Waals surface area (Å²) in [5.74, 6) is -0.992.